The molecule has 0 atom stereocenters. The van der Waals surface area contributed by atoms with Gasteiger partial charge in [-0.25, -0.2) is 23.1 Å². The molecule has 0 aliphatic heterocycles. The van der Waals surface area contributed by atoms with E-state index in [0.29, 0.717) is 5.92 Å². The minimum Gasteiger partial charge on any atom is -0.236 e. The van der Waals surface area contributed by atoms with Crippen LogP contribution < -0.4 is 0 Å². The number of unbranched alkanes of at least 4 members (excludes halogenated alkanes) is 1. The molecule has 0 saturated heterocycles. The lowest BCUT2D eigenvalue weighted by molar-refractivity contribution is 0.304. The molecule has 162 valence electrons. The molecule has 0 spiro atoms. The molecule has 0 amide bonds. The Labute approximate surface area is 181 Å². The van der Waals surface area contributed by atoms with Crippen molar-refractivity contribution >= 4 is 0 Å². The van der Waals surface area contributed by atoms with Crippen LogP contribution >= 0.6 is 0 Å². The van der Waals surface area contributed by atoms with Crippen LogP contribution in [0.3, 0.4) is 0 Å². The third-order valence-electron chi connectivity index (χ3n) is 6.42. The highest BCUT2D eigenvalue weighted by atomic mass is 19.2. The third kappa shape index (κ3) is 4.97. The molecule has 1 aromatic heterocycles. The maximum absolute atomic E-state index is 13.5. The molecule has 1 saturated carbocycles. The van der Waals surface area contributed by atoms with Gasteiger partial charge in [0.2, 0.25) is 0 Å². The van der Waals surface area contributed by atoms with Crippen molar-refractivity contribution in [3.8, 4) is 22.5 Å². The second-order valence-electron chi connectivity index (χ2n) is 8.53. The molecular weight excluding hydrogens is 397 g/mol. The molecule has 0 bridgehead atoms. The van der Waals surface area contributed by atoms with Crippen LogP contribution in [0.5, 0.6) is 0 Å². The predicted octanol–water partition coefficient (Wildman–Crippen LogP) is 7.69. The number of hydrogen-bond acceptors (Lipinski definition) is 2. The van der Waals surface area contributed by atoms with Crippen molar-refractivity contribution in [2.45, 2.75) is 57.8 Å². The molecule has 1 aliphatic rings. The van der Waals surface area contributed by atoms with E-state index in [4.69, 9.17) is 0 Å². The van der Waals surface area contributed by atoms with Crippen LogP contribution in [0.4, 0.5) is 13.2 Å². The average molecular weight is 425 g/mol. The summed E-state index contributed by atoms with van der Waals surface area (Å²) in [6.45, 7) is 2.26. The topological polar surface area (TPSA) is 25.8 Å². The molecule has 31 heavy (non-hydrogen) atoms. The Morgan fingerprint density at radius 3 is 2.00 bits per heavy atom. The van der Waals surface area contributed by atoms with Crippen LogP contribution in [0.1, 0.15) is 63.4 Å². The Morgan fingerprint density at radius 2 is 1.42 bits per heavy atom. The molecule has 1 aliphatic carbocycles. The van der Waals surface area contributed by atoms with Gasteiger partial charge in [0.05, 0.1) is 0 Å². The normalized spacial score (nSPS) is 18.8. The zero-order chi connectivity index (χ0) is 21.8. The average Bonchev–Trinajstić information content (AvgIpc) is 2.81. The van der Waals surface area contributed by atoms with Gasteiger partial charge in [-0.2, -0.15) is 0 Å². The maximum atomic E-state index is 13.5. The molecule has 3 aromatic rings. The summed E-state index contributed by atoms with van der Waals surface area (Å²) in [7, 11) is 0. The van der Waals surface area contributed by atoms with Crippen molar-refractivity contribution in [2.24, 2.45) is 5.92 Å². The monoisotopic (exact) mass is 424 g/mol. The van der Waals surface area contributed by atoms with Crippen molar-refractivity contribution in [1.29, 1.82) is 0 Å². The Hall–Kier alpha value is -2.69. The van der Waals surface area contributed by atoms with Crippen molar-refractivity contribution in [3.05, 3.63) is 71.8 Å². The summed E-state index contributed by atoms with van der Waals surface area (Å²) in [5.74, 6) is -2.31. The van der Waals surface area contributed by atoms with Crippen molar-refractivity contribution in [2.75, 3.05) is 0 Å². The fourth-order valence-corrected chi connectivity index (χ4v) is 4.54. The van der Waals surface area contributed by atoms with E-state index in [1.165, 1.54) is 50.5 Å². The zero-order valence-electron chi connectivity index (χ0n) is 17.8. The van der Waals surface area contributed by atoms with Crippen molar-refractivity contribution < 1.29 is 13.2 Å². The molecule has 1 heterocycles. The van der Waals surface area contributed by atoms with Gasteiger partial charge in [0, 0.05) is 23.5 Å². The molecule has 0 radical (unpaired) electrons. The smallest absolute Gasteiger partial charge is 0.194 e. The molecular formula is C26H27F3N2. The highest BCUT2D eigenvalue weighted by Crippen LogP contribution is 2.38. The summed E-state index contributed by atoms with van der Waals surface area (Å²) in [5, 5.41) is 0. The first kappa shape index (κ1) is 21.5. The second kappa shape index (κ2) is 9.63. The van der Waals surface area contributed by atoms with E-state index in [1.54, 1.807) is 12.4 Å². The summed E-state index contributed by atoms with van der Waals surface area (Å²) in [5.41, 5.74) is 3.30. The van der Waals surface area contributed by atoms with E-state index in [9.17, 15) is 13.2 Å². The van der Waals surface area contributed by atoms with Crippen LogP contribution in [0.25, 0.3) is 22.5 Å². The zero-order valence-corrected chi connectivity index (χ0v) is 17.8. The lowest BCUT2D eigenvalue weighted by Crippen LogP contribution is -2.13. The minimum atomic E-state index is -1.49. The summed E-state index contributed by atoms with van der Waals surface area (Å²) in [6.07, 6.45) is 12.4. The van der Waals surface area contributed by atoms with E-state index in [-0.39, 0.29) is 11.4 Å². The standard InChI is InChI=1S/C26H27F3N2/c1-2-3-4-17-5-7-18(8-6-17)19-9-11-20(12-10-19)22-15-30-26(31-16-22)21-13-23(27)25(29)24(28)14-21/h9-18H,2-8H2,1H3. The van der Waals surface area contributed by atoms with Crippen LogP contribution in [0, 0.1) is 23.4 Å². The summed E-state index contributed by atoms with van der Waals surface area (Å²) in [4.78, 5) is 8.43. The Morgan fingerprint density at radius 1 is 0.806 bits per heavy atom. The van der Waals surface area contributed by atoms with E-state index >= 15 is 0 Å². The van der Waals surface area contributed by atoms with Gasteiger partial charge in [0.1, 0.15) is 0 Å². The molecule has 0 N–H and O–H groups in total. The molecule has 1 fully saturated rings. The van der Waals surface area contributed by atoms with E-state index in [1.807, 2.05) is 0 Å². The Bertz CT molecular complexity index is 985. The number of benzene rings is 2. The number of hydrogen-bond donors (Lipinski definition) is 0. The van der Waals surface area contributed by atoms with E-state index in [0.717, 1.165) is 29.2 Å². The summed E-state index contributed by atoms with van der Waals surface area (Å²) in [6, 6.07) is 10.3. The fourth-order valence-electron chi connectivity index (χ4n) is 4.54. The van der Waals surface area contributed by atoms with Crippen LogP contribution in [0.2, 0.25) is 0 Å². The van der Waals surface area contributed by atoms with Gasteiger partial charge in [0.25, 0.3) is 0 Å². The predicted molar refractivity (Wildman–Crippen MR) is 117 cm³/mol. The first-order valence-electron chi connectivity index (χ1n) is 11.1. The van der Waals surface area contributed by atoms with Gasteiger partial charge in [-0.15, -0.1) is 0 Å². The Kier molecular flexibility index (Phi) is 6.69. The first-order valence-corrected chi connectivity index (χ1v) is 11.1. The van der Waals surface area contributed by atoms with Crippen molar-refractivity contribution in [1.82, 2.24) is 9.97 Å². The quantitative estimate of drug-likeness (QED) is 0.379. The molecule has 4 rings (SSSR count). The fraction of sp³-hybridized carbons (Fsp3) is 0.385. The van der Waals surface area contributed by atoms with Crippen LogP contribution in [-0.4, -0.2) is 9.97 Å². The number of halogens is 3. The highest BCUT2D eigenvalue weighted by Gasteiger charge is 2.22. The number of nitrogens with zero attached hydrogens (tertiary/aromatic N) is 2. The van der Waals surface area contributed by atoms with Gasteiger partial charge >= 0.3 is 0 Å². The molecule has 2 nitrogen and oxygen atoms in total. The molecule has 0 unspecified atom stereocenters. The summed E-state index contributed by atoms with van der Waals surface area (Å²) >= 11 is 0. The largest absolute Gasteiger partial charge is 0.236 e. The van der Waals surface area contributed by atoms with Gasteiger partial charge in [-0.1, -0.05) is 50.5 Å². The third-order valence-corrected chi connectivity index (χ3v) is 6.42. The lowest BCUT2D eigenvalue weighted by Gasteiger charge is -2.29. The highest BCUT2D eigenvalue weighted by molar-refractivity contribution is 5.64. The van der Waals surface area contributed by atoms with Gasteiger partial charge in [0.15, 0.2) is 23.3 Å². The number of aromatic nitrogens is 2. The SMILES string of the molecule is CCCCC1CCC(c2ccc(-c3cnc(-c4cc(F)c(F)c(F)c4)nc3)cc2)CC1. The summed E-state index contributed by atoms with van der Waals surface area (Å²) < 4.78 is 40.1. The van der Waals surface area contributed by atoms with E-state index in [2.05, 4.69) is 41.2 Å². The maximum Gasteiger partial charge on any atom is 0.194 e. The first-order chi connectivity index (χ1) is 15.0. The molecule has 5 heteroatoms. The van der Waals surface area contributed by atoms with Gasteiger partial charge in [-0.05, 0) is 60.8 Å². The van der Waals surface area contributed by atoms with Crippen molar-refractivity contribution in [3.63, 3.8) is 0 Å². The number of rotatable bonds is 6. The second-order valence-corrected chi connectivity index (χ2v) is 8.53. The minimum absolute atomic E-state index is 0.104. The van der Waals surface area contributed by atoms with Crippen LogP contribution in [-0.2, 0) is 0 Å². The molecule has 2 aromatic carbocycles. The van der Waals surface area contributed by atoms with Gasteiger partial charge < -0.3 is 0 Å². The van der Waals surface area contributed by atoms with Crippen LogP contribution in [0.15, 0.2) is 48.8 Å². The lowest BCUT2D eigenvalue weighted by atomic mass is 9.77. The van der Waals surface area contributed by atoms with Gasteiger partial charge in [-0.3, -0.25) is 0 Å². The Balaban J connectivity index is 1.43. The van der Waals surface area contributed by atoms with E-state index < -0.39 is 17.5 Å².